The third-order valence-corrected chi connectivity index (χ3v) is 4.54. The van der Waals surface area contributed by atoms with Crippen LogP contribution in [0.4, 0.5) is 4.79 Å². The van der Waals surface area contributed by atoms with E-state index in [0.717, 1.165) is 12.0 Å². The van der Waals surface area contributed by atoms with E-state index in [1.54, 1.807) is 4.90 Å². The summed E-state index contributed by atoms with van der Waals surface area (Å²) in [6.07, 6.45) is 0.479. The van der Waals surface area contributed by atoms with Crippen LogP contribution in [0, 0.1) is 0 Å². The summed E-state index contributed by atoms with van der Waals surface area (Å²) in [5.41, 5.74) is 0.123. The molecule has 1 aliphatic heterocycles. The van der Waals surface area contributed by atoms with Gasteiger partial charge in [-0.15, -0.1) is 0 Å². The molecule has 126 valence electrons. The lowest BCUT2D eigenvalue weighted by molar-refractivity contribution is -0.0129. The van der Waals surface area contributed by atoms with E-state index >= 15 is 0 Å². The predicted octanol–water partition coefficient (Wildman–Crippen LogP) is 4.18. The van der Waals surface area contributed by atoms with Crippen molar-refractivity contribution in [3.8, 4) is 0 Å². The summed E-state index contributed by atoms with van der Waals surface area (Å²) in [5, 5.41) is 0.115. The van der Waals surface area contributed by atoms with Gasteiger partial charge in [0.25, 0.3) is 0 Å². The Morgan fingerprint density at radius 2 is 1.73 bits per heavy atom. The Morgan fingerprint density at radius 1 is 1.18 bits per heavy atom. The molecular weight excluding hydrogens is 294 g/mol. The van der Waals surface area contributed by atoms with Gasteiger partial charge in [-0.05, 0) is 46.1 Å². The molecular formula is C17H31NO3Si. The zero-order valence-corrected chi connectivity index (χ0v) is 16.4. The maximum Gasteiger partial charge on any atom is 0.410 e. The fourth-order valence-electron chi connectivity index (χ4n) is 2.29. The van der Waals surface area contributed by atoms with Gasteiger partial charge in [0.2, 0.25) is 9.76 Å². The molecule has 0 saturated carbocycles. The highest BCUT2D eigenvalue weighted by Crippen LogP contribution is 2.34. The fraction of sp³-hybridized carbons (Fsp3) is 0.824. The second-order valence-corrected chi connectivity index (χ2v) is 10.5. The maximum atomic E-state index is 12.5. The van der Waals surface area contributed by atoms with E-state index in [2.05, 4.69) is 27.4 Å². The third-order valence-electron chi connectivity index (χ3n) is 3.30. The fourth-order valence-corrected chi connectivity index (χ4v) is 2.99. The van der Waals surface area contributed by atoms with Crippen molar-refractivity contribution in [2.45, 2.75) is 84.1 Å². The molecule has 1 saturated heterocycles. The Balaban J connectivity index is 2.85. The molecule has 2 radical (unpaired) electrons. The second-order valence-electron chi connectivity index (χ2n) is 8.64. The minimum absolute atomic E-state index is 0.0373. The number of ether oxygens (including phenoxy) is 1. The average molecular weight is 326 g/mol. The Morgan fingerprint density at radius 3 is 2.18 bits per heavy atom. The molecule has 1 atom stereocenters. The van der Waals surface area contributed by atoms with Gasteiger partial charge < -0.3 is 9.16 Å². The zero-order valence-electron chi connectivity index (χ0n) is 15.4. The molecule has 0 spiro atoms. The van der Waals surface area contributed by atoms with Crippen molar-refractivity contribution in [1.82, 2.24) is 4.90 Å². The van der Waals surface area contributed by atoms with Crippen molar-refractivity contribution in [2.24, 2.45) is 0 Å². The molecule has 1 rings (SSSR count). The van der Waals surface area contributed by atoms with Crippen molar-refractivity contribution in [3.05, 3.63) is 12.2 Å². The quantitative estimate of drug-likeness (QED) is 0.577. The van der Waals surface area contributed by atoms with Gasteiger partial charge >= 0.3 is 6.09 Å². The van der Waals surface area contributed by atoms with E-state index in [0.29, 0.717) is 16.3 Å². The number of hydrogen-bond acceptors (Lipinski definition) is 3. The zero-order chi connectivity index (χ0) is 17.3. The number of likely N-dealkylation sites (tertiary alicyclic amines) is 1. The van der Waals surface area contributed by atoms with Crippen LogP contribution in [0.25, 0.3) is 0 Å². The molecule has 5 heteroatoms. The van der Waals surface area contributed by atoms with Gasteiger partial charge in [-0.25, -0.2) is 4.79 Å². The Kier molecular flexibility index (Phi) is 5.56. The highest BCUT2D eigenvalue weighted by atomic mass is 28.2. The van der Waals surface area contributed by atoms with Crippen LogP contribution in [-0.4, -0.2) is 44.5 Å². The lowest BCUT2D eigenvalue weighted by Gasteiger charge is -2.39. The molecule has 0 aromatic carbocycles. The first-order valence-electron chi connectivity index (χ1n) is 7.83. The summed E-state index contributed by atoms with van der Waals surface area (Å²) in [7, 11) is 0.376. The topological polar surface area (TPSA) is 38.8 Å². The number of nitrogens with zero attached hydrogens (tertiary/aromatic N) is 1. The average Bonchev–Trinajstić information content (AvgIpc) is 2.67. The molecule has 0 aromatic heterocycles. The first-order valence-corrected chi connectivity index (χ1v) is 8.73. The summed E-state index contributed by atoms with van der Waals surface area (Å²) < 4.78 is 11.7. The molecule has 22 heavy (non-hydrogen) atoms. The summed E-state index contributed by atoms with van der Waals surface area (Å²) >= 11 is 0. The molecule has 0 N–H and O–H groups in total. The van der Waals surface area contributed by atoms with Crippen LogP contribution in [0.15, 0.2) is 12.2 Å². The van der Waals surface area contributed by atoms with E-state index in [1.165, 1.54) is 0 Å². The second kappa shape index (κ2) is 6.36. The van der Waals surface area contributed by atoms with Crippen LogP contribution in [0.5, 0.6) is 0 Å². The molecule has 0 bridgehead atoms. The molecule has 1 fully saturated rings. The summed E-state index contributed by atoms with van der Waals surface area (Å²) in [6.45, 7) is 20.8. The maximum absolute atomic E-state index is 12.5. The van der Waals surface area contributed by atoms with Crippen molar-refractivity contribution in [2.75, 3.05) is 6.54 Å². The lowest BCUT2D eigenvalue weighted by atomic mass is 9.96. The minimum atomic E-state index is -0.496. The van der Waals surface area contributed by atoms with Crippen molar-refractivity contribution in [3.63, 3.8) is 0 Å². The van der Waals surface area contributed by atoms with Crippen LogP contribution >= 0.6 is 0 Å². The predicted molar refractivity (Wildman–Crippen MR) is 91.1 cm³/mol. The largest absolute Gasteiger partial charge is 0.444 e. The molecule has 4 nitrogen and oxygen atoms in total. The minimum Gasteiger partial charge on any atom is -0.444 e. The van der Waals surface area contributed by atoms with Crippen molar-refractivity contribution < 1.29 is 14.0 Å². The van der Waals surface area contributed by atoms with Crippen LogP contribution in [0.2, 0.25) is 5.04 Å². The smallest absolute Gasteiger partial charge is 0.410 e. The van der Waals surface area contributed by atoms with E-state index in [1.807, 2.05) is 34.6 Å². The van der Waals surface area contributed by atoms with Crippen molar-refractivity contribution in [1.29, 1.82) is 0 Å². The number of hydrogen-bond donors (Lipinski definition) is 0. The van der Waals surface area contributed by atoms with E-state index in [9.17, 15) is 4.79 Å². The monoisotopic (exact) mass is 325 g/mol. The lowest BCUT2D eigenvalue weighted by Crippen LogP contribution is -2.51. The SMILES string of the molecule is C=C1CC(C(C)(C)O[Si]C(C)(C)C)N(C(=O)OC(C)(C)C)C1. The van der Waals surface area contributed by atoms with Crippen LogP contribution in [0.1, 0.15) is 61.8 Å². The van der Waals surface area contributed by atoms with Gasteiger partial charge in [-0.2, -0.15) is 0 Å². The van der Waals surface area contributed by atoms with Gasteiger partial charge in [0.1, 0.15) is 5.60 Å². The molecule has 0 aliphatic carbocycles. The molecule has 1 heterocycles. The molecule has 0 aromatic rings. The van der Waals surface area contributed by atoms with E-state index in [4.69, 9.17) is 9.16 Å². The number of carbonyl (C=O) groups excluding carboxylic acids is 1. The first kappa shape index (κ1) is 19.2. The number of rotatable bonds is 3. The summed E-state index contributed by atoms with van der Waals surface area (Å²) in [6, 6.07) is -0.0373. The molecule has 1 aliphatic rings. The molecule has 1 unspecified atom stereocenters. The van der Waals surface area contributed by atoms with Gasteiger partial charge in [0, 0.05) is 6.54 Å². The van der Waals surface area contributed by atoms with Gasteiger partial charge in [-0.3, -0.25) is 4.90 Å². The van der Waals surface area contributed by atoms with Crippen LogP contribution in [0.3, 0.4) is 0 Å². The highest BCUT2D eigenvalue weighted by molar-refractivity contribution is 6.31. The summed E-state index contributed by atoms with van der Waals surface area (Å²) in [5.74, 6) is 0. The Bertz CT molecular complexity index is 432. The number of carbonyl (C=O) groups is 1. The normalized spacial score (nSPS) is 20.5. The Labute approximate surface area is 138 Å². The van der Waals surface area contributed by atoms with Gasteiger partial charge in [-0.1, -0.05) is 32.9 Å². The van der Waals surface area contributed by atoms with Crippen LogP contribution < -0.4 is 0 Å². The molecule has 1 amide bonds. The first-order chi connectivity index (χ1) is 9.71. The van der Waals surface area contributed by atoms with Gasteiger partial charge in [0.05, 0.1) is 11.6 Å². The third kappa shape index (κ3) is 5.76. The standard InChI is InChI=1S/C17H31NO3Si/c1-12-10-13(17(8,9)21-22-16(5,6)7)18(11-12)14(19)20-15(2,3)4/h13H,1,10-11H2,2-9H3. The van der Waals surface area contributed by atoms with Crippen molar-refractivity contribution >= 4 is 15.9 Å². The van der Waals surface area contributed by atoms with Gasteiger partial charge in [0.15, 0.2) is 0 Å². The van der Waals surface area contributed by atoms with E-state index < -0.39 is 11.2 Å². The highest BCUT2D eigenvalue weighted by Gasteiger charge is 2.43. The Hall–Kier alpha value is -0.813. The number of amides is 1. The van der Waals surface area contributed by atoms with Crippen LogP contribution in [-0.2, 0) is 9.16 Å². The summed E-state index contributed by atoms with van der Waals surface area (Å²) in [4.78, 5) is 14.2. The van der Waals surface area contributed by atoms with E-state index in [-0.39, 0.29) is 17.2 Å².